The Morgan fingerprint density at radius 3 is 2.87 bits per heavy atom. The molecule has 0 radical (unpaired) electrons. The van der Waals surface area contributed by atoms with Crippen molar-refractivity contribution in [3.63, 3.8) is 0 Å². The minimum absolute atomic E-state index is 0.175. The highest BCUT2D eigenvalue weighted by Crippen LogP contribution is 2.00. The summed E-state index contributed by atoms with van der Waals surface area (Å²) in [7, 11) is 4.01. The van der Waals surface area contributed by atoms with Gasteiger partial charge in [-0.3, -0.25) is 4.79 Å². The Bertz CT molecular complexity index is 320. The lowest BCUT2D eigenvalue weighted by atomic mass is 10.3. The minimum atomic E-state index is -0.175. The summed E-state index contributed by atoms with van der Waals surface area (Å²) < 4.78 is 4.81. The number of hydrogen-bond donors (Lipinski definition) is 1. The molecule has 5 nitrogen and oxygen atoms in total. The molecule has 5 heteroatoms. The molecule has 0 aliphatic rings. The van der Waals surface area contributed by atoms with Gasteiger partial charge in [0.15, 0.2) is 5.69 Å². The van der Waals surface area contributed by atoms with Crippen LogP contribution in [0.1, 0.15) is 22.7 Å². The van der Waals surface area contributed by atoms with Crippen LogP contribution in [0.25, 0.3) is 0 Å². The lowest BCUT2D eigenvalue weighted by Gasteiger charge is -2.08. The van der Waals surface area contributed by atoms with Gasteiger partial charge in [0.25, 0.3) is 5.91 Å². The first-order valence-electron chi connectivity index (χ1n) is 4.96. The Kier molecular flexibility index (Phi) is 4.30. The predicted molar refractivity (Wildman–Crippen MR) is 56.7 cm³/mol. The largest absolute Gasteiger partial charge is 0.361 e. The quantitative estimate of drug-likeness (QED) is 0.727. The summed E-state index contributed by atoms with van der Waals surface area (Å²) in [5, 5.41) is 6.41. The molecule has 1 heterocycles. The van der Waals surface area contributed by atoms with Crippen molar-refractivity contribution in [3.05, 3.63) is 17.5 Å². The van der Waals surface area contributed by atoms with Crippen LogP contribution in [0.3, 0.4) is 0 Å². The maximum absolute atomic E-state index is 11.5. The van der Waals surface area contributed by atoms with Crippen molar-refractivity contribution in [2.45, 2.75) is 13.3 Å². The third-order valence-electron chi connectivity index (χ3n) is 1.93. The SMILES string of the molecule is Cc1cc(C(=O)NCCCN(C)C)no1. The van der Waals surface area contributed by atoms with E-state index in [9.17, 15) is 4.79 Å². The van der Waals surface area contributed by atoms with Crippen LogP contribution in [-0.4, -0.2) is 43.1 Å². The summed E-state index contributed by atoms with van der Waals surface area (Å²) in [4.78, 5) is 13.5. The van der Waals surface area contributed by atoms with Crippen molar-refractivity contribution in [2.24, 2.45) is 0 Å². The summed E-state index contributed by atoms with van der Waals surface area (Å²) in [6.07, 6.45) is 0.926. The fraction of sp³-hybridized carbons (Fsp3) is 0.600. The van der Waals surface area contributed by atoms with E-state index >= 15 is 0 Å². The maximum atomic E-state index is 11.5. The van der Waals surface area contributed by atoms with E-state index in [1.54, 1.807) is 13.0 Å². The molecule has 0 saturated heterocycles. The zero-order chi connectivity index (χ0) is 11.3. The summed E-state index contributed by atoms with van der Waals surface area (Å²) in [5.74, 6) is 0.471. The molecule has 1 N–H and O–H groups in total. The highest BCUT2D eigenvalue weighted by molar-refractivity contribution is 5.92. The lowest BCUT2D eigenvalue weighted by molar-refractivity contribution is 0.0943. The standard InChI is InChI=1S/C10H17N3O2/c1-8-7-9(12-15-8)10(14)11-5-4-6-13(2)3/h7H,4-6H2,1-3H3,(H,11,14). The third-order valence-corrected chi connectivity index (χ3v) is 1.93. The number of nitrogens with zero attached hydrogens (tertiary/aromatic N) is 2. The van der Waals surface area contributed by atoms with Crippen molar-refractivity contribution in [3.8, 4) is 0 Å². The van der Waals surface area contributed by atoms with E-state index in [0.29, 0.717) is 18.0 Å². The number of carbonyl (C=O) groups is 1. The summed E-state index contributed by atoms with van der Waals surface area (Å²) in [6, 6.07) is 1.63. The van der Waals surface area contributed by atoms with Gasteiger partial charge >= 0.3 is 0 Å². The van der Waals surface area contributed by atoms with E-state index in [1.807, 2.05) is 14.1 Å². The number of amides is 1. The Morgan fingerprint density at radius 2 is 2.33 bits per heavy atom. The molecule has 0 spiro atoms. The number of carbonyl (C=O) groups excluding carboxylic acids is 1. The molecule has 0 aromatic carbocycles. The zero-order valence-electron chi connectivity index (χ0n) is 9.41. The Hall–Kier alpha value is -1.36. The molecule has 1 aromatic rings. The van der Waals surface area contributed by atoms with E-state index < -0.39 is 0 Å². The van der Waals surface area contributed by atoms with Gasteiger partial charge in [0.1, 0.15) is 5.76 Å². The van der Waals surface area contributed by atoms with Gasteiger partial charge in [-0.15, -0.1) is 0 Å². The Balaban J connectivity index is 2.25. The van der Waals surface area contributed by atoms with Gasteiger partial charge in [0, 0.05) is 12.6 Å². The smallest absolute Gasteiger partial charge is 0.273 e. The highest BCUT2D eigenvalue weighted by atomic mass is 16.5. The fourth-order valence-electron chi connectivity index (χ4n) is 1.16. The van der Waals surface area contributed by atoms with Crippen LogP contribution in [0.2, 0.25) is 0 Å². The van der Waals surface area contributed by atoms with Gasteiger partial charge in [-0.25, -0.2) is 0 Å². The molecular formula is C10H17N3O2. The van der Waals surface area contributed by atoms with Gasteiger partial charge < -0.3 is 14.7 Å². The second-order valence-corrected chi connectivity index (χ2v) is 3.74. The molecule has 1 rings (SSSR count). The molecular weight excluding hydrogens is 194 g/mol. The molecule has 0 aliphatic heterocycles. The molecule has 0 fully saturated rings. The first-order chi connectivity index (χ1) is 7.09. The molecule has 0 atom stereocenters. The normalized spacial score (nSPS) is 10.7. The molecule has 15 heavy (non-hydrogen) atoms. The maximum Gasteiger partial charge on any atom is 0.273 e. The number of aromatic nitrogens is 1. The van der Waals surface area contributed by atoms with Gasteiger partial charge in [-0.05, 0) is 34.0 Å². The van der Waals surface area contributed by atoms with Crippen molar-refractivity contribution in [1.82, 2.24) is 15.4 Å². The van der Waals surface area contributed by atoms with Gasteiger partial charge in [-0.2, -0.15) is 0 Å². The van der Waals surface area contributed by atoms with Gasteiger partial charge in [0.2, 0.25) is 0 Å². The van der Waals surface area contributed by atoms with Crippen LogP contribution in [0.5, 0.6) is 0 Å². The fourth-order valence-corrected chi connectivity index (χ4v) is 1.16. The van der Waals surface area contributed by atoms with Crippen LogP contribution < -0.4 is 5.32 Å². The van der Waals surface area contributed by atoms with Crippen LogP contribution in [0.15, 0.2) is 10.6 Å². The van der Waals surface area contributed by atoms with Gasteiger partial charge in [0.05, 0.1) is 0 Å². The minimum Gasteiger partial charge on any atom is -0.361 e. The Morgan fingerprint density at radius 1 is 1.60 bits per heavy atom. The average Bonchev–Trinajstić information content (AvgIpc) is 2.59. The molecule has 0 aliphatic carbocycles. The second-order valence-electron chi connectivity index (χ2n) is 3.74. The first-order valence-corrected chi connectivity index (χ1v) is 4.96. The van der Waals surface area contributed by atoms with Crippen molar-refractivity contribution < 1.29 is 9.32 Å². The van der Waals surface area contributed by atoms with Crippen LogP contribution in [0.4, 0.5) is 0 Å². The molecule has 1 amide bonds. The van der Waals surface area contributed by atoms with E-state index in [-0.39, 0.29) is 5.91 Å². The van der Waals surface area contributed by atoms with E-state index in [1.165, 1.54) is 0 Å². The summed E-state index contributed by atoms with van der Waals surface area (Å²) >= 11 is 0. The number of nitrogens with one attached hydrogen (secondary N) is 1. The van der Waals surface area contributed by atoms with Crippen LogP contribution >= 0.6 is 0 Å². The first kappa shape index (κ1) is 11.7. The van der Waals surface area contributed by atoms with Crippen LogP contribution in [-0.2, 0) is 0 Å². The zero-order valence-corrected chi connectivity index (χ0v) is 9.41. The summed E-state index contributed by atoms with van der Waals surface area (Å²) in [5.41, 5.74) is 0.345. The molecule has 1 aromatic heterocycles. The predicted octanol–water partition coefficient (Wildman–Crippen LogP) is 0.665. The summed E-state index contributed by atoms with van der Waals surface area (Å²) in [6.45, 7) is 3.37. The number of rotatable bonds is 5. The lowest BCUT2D eigenvalue weighted by Crippen LogP contribution is -2.27. The highest BCUT2D eigenvalue weighted by Gasteiger charge is 2.09. The van der Waals surface area contributed by atoms with E-state index in [2.05, 4.69) is 15.4 Å². The van der Waals surface area contributed by atoms with E-state index in [0.717, 1.165) is 13.0 Å². The van der Waals surface area contributed by atoms with E-state index in [4.69, 9.17) is 4.52 Å². The van der Waals surface area contributed by atoms with Crippen molar-refractivity contribution in [1.29, 1.82) is 0 Å². The second kappa shape index (κ2) is 5.50. The molecule has 0 unspecified atom stereocenters. The molecule has 0 bridgehead atoms. The van der Waals surface area contributed by atoms with Crippen molar-refractivity contribution in [2.75, 3.05) is 27.2 Å². The van der Waals surface area contributed by atoms with Crippen molar-refractivity contribution >= 4 is 5.91 Å². The number of aryl methyl sites for hydroxylation is 1. The number of hydrogen-bond acceptors (Lipinski definition) is 4. The Labute approximate surface area is 89.4 Å². The third kappa shape index (κ3) is 4.12. The topological polar surface area (TPSA) is 58.4 Å². The van der Waals surface area contributed by atoms with Crippen LogP contribution in [0, 0.1) is 6.92 Å². The van der Waals surface area contributed by atoms with Gasteiger partial charge in [-0.1, -0.05) is 5.16 Å². The molecule has 0 saturated carbocycles. The average molecular weight is 211 g/mol. The monoisotopic (exact) mass is 211 g/mol. The molecule has 84 valence electrons.